The van der Waals surface area contributed by atoms with Crippen molar-refractivity contribution in [2.75, 3.05) is 19.7 Å². The lowest BCUT2D eigenvalue weighted by atomic mass is 9.84. The number of rotatable bonds is 5. The van der Waals surface area contributed by atoms with E-state index in [4.69, 9.17) is 14.0 Å². The Labute approximate surface area is 152 Å². The van der Waals surface area contributed by atoms with Gasteiger partial charge in [-0.1, -0.05) is 5.16 Å². The van der Waals surface area contributed by atoms with Crippen LogP contribution in [0.25, 0.3) is 0 Å². The van der Waals surface area contributed by atoms with E-state index in [1.807, 2.05) is 20.8 Å². The van der Waals surface area contributed by atoms with Crippen molar-refractivity contribution in [3.8, 4) is 0 Å². The molecule has 136 valence electrons. The van der Waals surface area contributed by atoms with Gasteiger partial charge in [-0.2, -0.15) is 0 Å². The summed E-state index contributed by atoms with van der Waals surface area (Å²) >= 11 is 1.68. The zero-order valence-electron chi connectivity index (χ0n) is 15.1. The molecule has 0 saturated carbocycles. The molecule has 2 aliphatic rings. The summed E-state index contributed by atoms with van der Waals surface area (Å²) in [6.07, 6.45) is 2.19. The molecule has 4 heterocycles. The van der Waals surface area contributed by atoms with E-state index in [1.54, 1.807) is 11.3 Å². The maximum absolute atomic E-state index is 6.12. The second kappa shape index (κ2) is 6.79. The summed E-state index contributed by atoms with van der Waals surface area (Å²) in [6, 6.07) is 0. The van der Waals surface area contributed by atoms with Crippen LogP contribution in [-0.2, 0) is 22.6 Å². The van der Waals surface area contributed by atoms with Crippen molar-refractivity contribution in [1.82, 2.24) is 15.0 Å². The topological polar surface area (TPSA) is 60.6 Å². The minimum absolute atomic E-state index is 0.0418. The van der Waals surface area contributed by atoms with Crippen LogP contribution in [0.5, 0.6) is 0 Å². The van der Waals surface area contributed by atoms with Crippen LogP contribution in [0.2, 0.25) is 0 Å². The Hall–Kier alpha value is -1.28. The van der Waals surface area contributed by atoms with Gasteiger partial charge in [0.25, 0.3) is 0 Å². The number of nitrogens with zero attached hydrogens (tertiary/aromatic N) is 3. The SMILES string of the molecule is Cc1nc(COC2CCOC3(C2)CN(Cc2c(C)noc2C)C3)cs1. The van der Waals surface area contributed by atoms with Crippen LogP contribution in [0.4, 0.5) is 0 Å². The van der Waals surface area contributed by atoms with Crippen LogP contribution < -0.4 is 0 Å². The third kappa shape index (κ3) is 3.65. The van der Waals surface area contributed by atoms with Crippen LogP contribution in [0.15, 0.2) is 9.90 Å². The standard InChI is InChI=1S/C18H25N3O3S/c1-12-17(13(2)24-20-12)7-21-10-18(11-21)6-16(4-5-23-18)22-8-15-9-25-14(3)19-15/h9,16H,4-8,10-11H2,1-3H3. The lowest BCUT2D eigenvalue weighted by molar-refractivity contribution is -0.200. The molecule has 1 spiro atoms. The summed E-state index contributed by atoms with van der Waals surface area (Å²) in [5.74, 6) is 0.919. The predicted molar refractivity (Wildman–Crippen MR) is 94.6 cm³/mol. The van der Waals surface area contributed by atoms with Gasteiger partial charge in [-0.05, 0) is 27.2 Å². The number of thiazole rings is 1. The van der Waals surface area contributed by atoms with Gasteiger partial charge in [-0.3, -0.25) is 4.90 Å². The molecule has 6 nitrogen and oxygen atoms in total. The molecule has 4 rings (SSSR count). The van der Waals surface area contributed by atoms with Gasteiger partial charge < -0.3 is 14.0 Å². The van der Waals surface area contributed by atoms with Crippen molar-refractivity contribution in [3.63, 3.8) is 0 Å². The molecule has 2 aromatic heterocycles. The Bertz CT molecular complexity index is 716. The van der Waals surface area contributed by atoms with Crippen molar-refractivity contribution in [2.45, 2.75) is 58.5 Å². The predicted octanol–water partition coefficient (Wildman–Crippen LogP) is 3.01. The first-order valence-electron chi connectivity index (χ1n) is 8.84. The highest BCUT2D eigenvalue weighted by Gasteiger charge is 2.47. The third-order valence-electron chi connectivity index (χ3n) is 5.17. The first-order valence-corrected chi connectivity index (χ1v) is 9.72. The van der Waals surface area contributed by atoms with Crippen LogP contribution >= 0.6 is 11.3 Å². The fourth-order valence-electron chi connectivity index (χ4n) is 3.85. The Morgan fingerprint density at radius 3 is 2.88 bits per heavy atom. The van der Waals surface area contributed by atoms with E-state index in [2.05, 4.69) is 20.4 Å². The monoisotopic (exact) mass is 363 g/mol. The zero-order chi connectivity index (χ0) is 17.4. The van der Waals surface area contributed by atoms with Crippen molar-refractivity contribution in [2.24, 2.45) is 0 Å². The van der Waals surface area contributed by atoms with E-state index >= 15 is 0 Å². The van der Waals surface area contributed by atoms with E-state index < -0.39 is 0 Å². The van der Waals surface area contributed by atoms with Gasteiger partial charge in [0.05, 0.1) is 34.7 Å². The summed E-state index contributed by atoms with van der Waals surface area (Å²) in [5, 5.41) is 7.22. The van der Waals surface area contributed by atoms with Crippen LogP contribution in [0.3, 0.4) is 0 Å². The Balaban J connectivity index is 1.29. The van der Waals surface area contributed by atoms with E-state index in [1.165, 1.54) is 5.56 Å². The molecule has 0 aliphatic carbocycles. The number of aromatic nitrogens is 2. The maximum atomic E-state index is 6.12. The molecular weight excluding hydrogens is 338 g/mol. The minimum Gasteiger partial charge on any atom is -0.372 e. The van der Waals surface area contributed by atoms with Crippen molar-refractivity contribution in [1.29, 1.82) is 0 Å². The van der Waals surface area contributed by atoms with Gasteiger partial charge in [-0.25, -0.2) is 4.98 Å². The molecule has 0 bridgehead atoms. The third-order valence-corrected chi connectivity index (χ3v) is 5.99. The number of aryl methyl sites for hydroxylation is 3. The molecular formula is C18H25N3O3S. The fourth-order valence-corrected chi connectivity index (χ4v) is 4.45. The zero-order valence-corrected chi connectivity index (χ0v) is 15.9. The van der Waals surface area contributed by atoms with E-state index in [9.17, 15) is 0 Å². The first-order chi connectivity index (χ1) is 12.0. The summed E-state index contributed by atoms with van der Waals surface area (Å²) in [5.41, 5.74) is 3.19. The molecule has 0 aromatic carbocycles. The molecule has 2 aliphatic heterocycles. The molecule has 0 radical (unpaired) electrons. The van der Waals surface area contributed by atoms with Gasteiger partial charge >= 0.3 is 0 Å². The van der Waals surface area contributed by atoms with Gasteiger partial charge in [0, 0.05) is 43.6 Å². The Kier molecular flexibility index (Phi) is 4.66. The lowest BCUT2D eigenvalue weighted by Crippen LogP contribution is -2.65. The molecule has 25 heavy (non-hydrogen) atoms. The van der Waals surface area contributed by atoms with Crippen LogP contribution in [0, 0.1) is 20.8 Å². The number of likely N-dealkylation sites (tertiary alicyclic amines) is 1. The number of hydrogen-bond donors (Lipinski definition) is 0. The average molecular weight is 363 g/mol. The lowest BCUT2D eigenvalue weighted by Gasteiger charge is -2.53. The molecule has 2 saturated heterocycles. The normalized spacial score (nSPS) is 23.1. The largest absolute Gasteiger partial charge is 0.372 e. The minimum atomic E-state index is -0.0418. The van der Waals surface area contributed by atoms with Gasteiger partial charge in [0.15, 0.2) is 0 Å². The summed E-state index contributed by atoms with van der Waals surface area (Å²) < 4.78 is 17.5. The molecule has 2 fully saturated rings. The second-order valence-electron chi connectivity index (χ2n) is 7.26. The van der Waals surface area contributed by atoms with Crippen molar-refractivity contribution >= 4 is 11.3 Å². The highest BCUT2D eigenvalue weighted by atomic mass is 32.1. The van der Waals surface area contributed by atoms with Crippen molar-refractivity contribution in [3.05, 3.63) is 33.1 Å². The second-order valence-corrected chi connectivity index (χ2v) is 8.33. The molecule has 2 aromatic rings. The van der Waals surface area contributed by atoms with E-state index in [-0.39, 0.29) is 11.7 Å². The van der Waals surface area contributed by atoms with Crippen molar-refractivity contribution < 1.29 is 14.0 Å². The molecule has 1 unspecified atom stereocenters. The molecule has 0 amide bonds. The number of ether oxygens (including phenoxy) is 2. The number of hydrogen-bond acceptors (Lipinski definition) is 7. The highest BCUT2D eigenvalue weighted by Crippen LogP contribution is 2.36. The average Bonchev–Trinajstić information content (AvgIpc) is 3.12. The smallest absolute Gasteiger partial charge is 0.138 e. The Morgan fingerprint density at radius 1 is 1.36 bits per heavy atom. The molecule has 1 atom stereocenters. The van der Waals surface area contributed by atoms with E-state index in [0.717, 1.165) is 61.2 Å². The van der Waals surface area contributed by atoms with Crippen LogP contribution in [0.1, 0.15) is 40.6 Å². The van der Waals surface area contributed by atoms with Gasteiger partial charge in [-0.15, -0.1) is 11.3 Å². The van der Waals surface area contributed by atoms with Gasteiger partial charge in [0.1, 0.15) is 5.76 Å². The summed E-state index contributed by atoms with van der Waals surface area (Å²) in [7, 11) is 0. The first kappa shape index (κ1) is 17.1. The molecule has 7 heteroatoms. The summed E-state index contributed by atoms with van der Waals surface area (Å²) in [6.45, 7) is 10.2. The summed E-state index contributed by atoms with van der Waals surface area (Å²) in [4.78, 5) is 6.88. The highest BCUT2D eigenvalue weighted by molar-refractivity contribution is 7.09. The fraction of sp³-hybridized carbons (Fsp3) is 0.667. The van der Waals surface area contributed by atoms with Crippen LogP contribution in [-0.4, -0.2) is 46.4 Å². The molecule has 0 N–H and O–H groups in total. The quantitative estimate of drug-likeness (QED) is 0.814. The Morgan fingerprint density at radius 2 is 2.20 bits per heavy atom. The van der Waals surface area contributed by atoms with Gasteiger partial charge in [0.2, 0.25) is 0 Å². The maximum Gasteiger partial charge on any atom is 0.138 e. The van der Waals surface area contributed by atoms with E-state index in [0.29, 0.717) is 6.61 Å².